The van der Waals surface area contributed by atoms with Crippen LogP contribution in [-0.2, 0) is 36.1 Å². The third-order valence-corrected chi connectivity index (χ3v) is 4.45. The monoisotopic (exact) mass is 286 g/mol. The van der Waals surface area contributed by atoms with Crippen molar-refractivity contribution in [2.45, 2.75) is 33.4 Å². The van der Waals surface area contributed by atoms with Gasteiger partial charge in [0.25, 0.3) is 0 Å². The first-order valence-electron chi connectivity index (χ1n) is 7.45. The molecule has 112 valence electrons. The number of aryl methyl sites for hydroxylation is 1. The van der Waals surface area contributed by atoms with Gasteiger partial charge in [0.15, 0.2) is 0 Å². The molecule has 0 fully saturated rings. The molecule has 2 aromatic rings. The summed E-state index contributed by atoms with van der Waals surface area (Å²) in [6, 6.07) is 4.53. The molecule has 4 heteroatoms. The highest BCUT2D eigenvalue weighted by molar-refractivity contribution is 5.90. The van der Waals surface area contributed by atoms with Crippen LogP contribution in [0.15, 0.2) is 12.1 Å². The third kappa shape index (κ3) is 2.33. The quantitative estimate of drug-likeness (QED) is 0.813. The van der Waals surface area contributed by atoms with Gasteiger partial charge in [0, 0.05) is 36.7 Å². The minimum absolute atomic E-state index is 0.147. The van der Waals surface area contributed by atoms with Crippen molar-refractivity contribution in [3.8, 4) is 0 Å². The Bertz CT molecular complexity index is 715. The lowest BCUT2D eigenvalue weighted by Crippen LogP contribution is -2.08. The highest BCUT2D eigenvalue weighted by Crippen LogP contribution is 2.32. The van der Waals surface area contributed by atoms with E-state index in [1.54, 1.807) is 0 Å². The number of carbonyl (C=O) groups is 1. The smallest absolute Gasteiger partial charge is 0.310 e. The van der Waals surface area contributed by atoms with E-state index < -0.39 is 0 Å². The molecule has 1 aliphatic heterocycles. The Labute approximate surface area is 125 Å². The minimum atomic E-state index is -0.147. The van der Waals surface area contributed by atoms with E-state index in [4.69, 9.17) is 4.74 Å². The molecule has 0 bridgehead atoms. The van der Waals surface area contributed by atoms with Gasteiger partial charge in [-0.25, -0.2) is 0 Å². The summed E-state index contributed by atoms with van der Waals surface area (Å²) in [5.41, 5.74) is 6.23. The first kappa shape index (κ1) is 14.1. The number of aromatic nitrogens is 1. The summed E-state index contributed by atoms with van der Waals surface area (Å²) in [7, 11) is 4.20. The van der Waals surface area contributed by atoms with Crippen molar-refractivity contribution < 1.29 is 9.53 Å². The van der Waals surface area contributed by atoms with Crippen molar-refractivity contribution in [2.24, 2.45) is 7.05 Å². The average Bonchev–Trinajstić information content (AvgIpc) is 2.90. The van der Waals surface area contributed by atoms with Crippen molar-refractivity contribution in [3.05, 3.63) is 34.5 Å². The Hall–Kier alpha value is -1.81. The van der Waals surface area contributed by atoms with Gasteiger partial charge in [-0.3, -0.25) is 9.69 Å². The molecular weight excluding hydrogens is 264 g/mol. The van der Waals surface area contributed by atoms with Crippen LogP contribution < -0.4 is 0 Å². The number of hydrogen-bond acceptors (Lipinski definition) is 3. The highest BCUT2D eigenvalue weighted by atomic mass is 16.5. The molecule has 1 aliphatic rings. The minimum Gasteiger partial charge on any atom is -0.466 e. The van der Waals surface area contributed by atoms with Crippen molar-refractivity contribution >= 4 is 16.9 Å². The maximum absolute atomic E-state index is 11.9. The number of hydrogen-bond donors (Lipinski definition) is 0. The summed E-state index contributed by atoms with van der Waals surface area (Å²) in [6.07, 6.45) is 0.353. The second-order valence-corrected chi connectivity index (χ2v) is 5.92. The van der Waals surface area contributed by atoms with Crippen molar-refractivity contribution in [2.75, 3.05) is 13.7 Å². The molecule has 1 aromatic heterocycles. The van der Waals surface area contributed by atoms with Gasteiger partial charge < -0.3 is 9.30 Å². The lowest BCUT2D eigenvalue weighted by atomic mass is 10.0. The second kappa shape index (κ2) is 5.19. The second-order valence-electron chi connectivity index (χ2n) is 5.92. The van der Waals surface area contributed by atoms with E-state index in [-0.39, 0.29) is 5.97 Å². The van der Waals surface area contributed by atoms with E-state index >= 15 is 0 Å². The fourth-order valence-corrected chi connectivity index (χ4v) is 3.28. The van der Waals surface area contributed by atoms with Crippen molar-refractivity contribution in [1.29, 1.82) is 0 Å². The molecule has 0 spiro atoms. The standard InChI is InChI=1S/C17H22N2O2/c1-5-21-17(20)8-14-11(2)19(4)16-7-13-10-18(3)9-12(13)6-15(14)16/h6-7H,5,8-10H2,1-4H3. The van der Waals surface area contributed by atoms with E-state index in [1.807, 2.05) is 6.92 Å². The van der Waals surface area contributed by atoms with Gasteiger partial charge in [0.05, 0.1) is 13.0 Å². The third-order valence-electron chi connectivity index (χ3n) is 4.45. The zero-order chi connectivity index (χ0) is 15.1. The number of benzene rings is 1. The van der Waals surface area contributed by atoms with E-state index in [9.17, 15) is 4.79 Å². The lowest BCUT2D eigenvalue weighted by Gasteiger charge is -2.04. The van der Waals surface area contributed by atoms with Crippen LogP contribution in [0.2, 0.25) is 0 Å². The first-order valence-corrected chi connectivity index (χ1v) is 7.45. The van der Waals surface area contributed by atoms with Crippen LogP contribution in [0.3, 0.4) is 0 Å². The topological polar surface area (TPSA) is 34.5 Å². The molecule has 0 N–H and O–H groups in total. The molecule has 0 atom stereocenters. The van der Waals surface area contributed by atoms with Gasteiger partial charge in [-0.05, 0) is 49.7 Å². The first-order chi connectivity index (χ1) is 10.0. The number of nitrogens with zero attached hydrogens (tertiary/aromatic N) is 2. The Balaban J connectivity index is 2.10. The van der Waals surface area contributed by atoms with Crippen molar-refractivity contribution in [1.82, 2.24) is 9.47 Å². The number of rotatable bonds is 3. The normalized spacial score (nSPS) is 14.7. The van der Waals surface area contributed by atoms with Crippen LogP contribution in [0, 0.1) is 6.92 Å². The predicted molar refractivity (Wildman–Crippen MR) is 83.2 cm³/mol. The molecule has 0 amide bonds. The zero-order valence-electron chi connectivity index (χ0n) is 13.2. The Morgan fingerprint density at radius 2 is 1.90 bits per heavy atom. The van der Waals surface area contributed by atoms with Gasteiger partial charge in [0.1, 0.15) is 0 Å². The van der Waals surface area contributed by atoms with E-state index in [2.05, 4.69) is 42.6 Å². The van der Waals surface area contributed by atoms with Crippen LogP contribution >= 0.6 is 0 Å². The molecule has 1 aromatic carbocycles. The molecule has 0 radical (unpaired) electrons. The maximum atomic E-state index is 11.9. The average molecular weight is 286 g/mol. The van der Waals surface area contributed by atoms with Gasteiger partial charge in [-0.2, -0.15) is 0 Å². The highest BCUT2D eigenvalue weighted by Gasteiger charge is 2.21. The molecule has 21 heavy (non-hydrogen) atoms. The van der Waals surface area contributed by atoms with E-state index in [1.165, 1.54) is 22.0 Å². The van der Waals surface area contributed by atoms with Crippen LogP contribution in [0.5, 0.6) is 0 Å². The summed E-state index contributed by atoms with van der Waals surface area (Å²) in [5, 5.41) is 1.19. The van der Waals surface area contributed by atoms with Crippen LogP contribution in [-0.4, -0.2) is 29.1 Å². The van der Waals surface area contributed by atoms with Crippen LogP contribution in [0.25, 0.3) is 10.9 Å². The zero-order valence-corrected chi connectivity index (χ0v) is 13.2. The predicted octanol–water partition coefficient (Wildman–Crippen LogP) is 2.54. The number of carbonyl (C=O) groups excluding carboxylic acids is 1. The summed E-state index contributed by atoms with van der Waals surface area (Å²) >= 11 is 0. The maximum Gasteiger partial charge on any atom is 0.310 e. The largest absolute Gasteiger partial charge is 0.466 e. The summed E-state index contributed by atoms with van der Waals surface area (Å²) in [5.74, 6) is -0.147. The van der Waals surface area contributed by atoms with Gasteiger partial charge in [-0.1, -0.05) is 0 Å². The molecule has 2 heterocycles. The van der Waals surface area contributed by atoms with Gasteiger partial charge in [-0.15, -0.1) is 0 Å². The number of fused-ring (bicyclic) bond motifs is 2. The molecule has 0 saturated heterocycles. The summed E-state index contributed by atoms with van der Waals surface area (Å²) in [6.45, 7) is 6.34. The molecule has 4 nitrogen and oxygen atoms in total. The molecule has 3 rings (SSSR count). The van der Waals surface area contributed by atoms with Crippen molar-refractivity contribution in [3.63, 3.8) is 0 Å². The number of esters is 1. The van der Waals surface area contributed by atoms with Gasteiger partial charge >= 0.3 is 5.97 Å². The fourth-order valence-electron chi connectivity index (χ4n) is 3.28. The lowest BCUT2D eigenvalue weighted by molar-refractivity contribution is -0.142. The van der Waals surface area contributed by atoms with Crippen LogP contribution in [0.4, 0.5) is 0 Å². The molecule has 0 unspecified atom stereocenters. The number of ether oxygens (including phenoxy) is 1. The van der Waals surface area contributed by atoms with E-state index in [0.29, 0.717) is 13.0 Å². The SMILES string of the molecule is CCOC(=O)Cc1c(C)n(C)c2cc3c(cc12)CN(C)C3. The summed E-state index contributed by atoms with van der Waals surface area (Å²) < 4.78 is 7.30. The Morgan fingerprint density at radius 1 is 1.24 bits per heavy atom. The molecular formula is C17H22N2O2. The molecule has 0 aliphatic carbocycles. The fraction of sp³-hybridized carbons (Fsp3) is 0.471. The van der Waals surface area contributed by atoms with Crippen LogP contribution in [0.1, 0.15) is 29.3 Å². The Kier molecular flexibility index (Phi) is 3.49. The summed E-state index contributed by atoms with van der Waals surface area (Å²) in [4.78, 5) is 14.2. The molecule has 0 saturated carbocycles. The Morgan fingerprint density at radius 3 is 2.57 bits per heavy atom. The van der Waals surface area contributed by atoms with Gasteiger partial charge in [0.2, 0.25) is 0 Å². The van der Waals surface area contributed by atoms with E-state index in [0.717, 1.165) is 24.3 Å².